The Morgan fingerprint density at radius 3 is 2.50 bits per heavy atom. The van der Waals surface area contributed by atoms with E-state index < -0.39 is 24.1 Å². The molecule has 0 spiro atoms. The molecule has 7 nitrogen and oxygen atoms in total. The topological polar surface area (TPSA) is 84.9 Å². The molecule has 0 bridgehead atoms. The zero-order chi connectivity index (χ0) is 23.5. The van der Waals surface area contributed by atoms with Gasteiger partial charge in [-0.3, -0.25) is 14.9 Å². The van der Waals surface area contributed by atoms with Gasteiger partial charge in [0.05, 0.1) is 19.8 Å². The zero-order valence-electron chi connectivity index (χ0n) is 19.8. The monoisotopic (exact) mass is 446 g/mol. The van der Waals surface area contributed by atoms with Gasteiger partial charge in [-0.25, -0.2) is 4.79 Å². The molecule has 3 atom stereocenters. The van der Waals surface area contributed by atoms with Crippen LogP contribution in [-0.4, -0.2) is 61.1 Å². The lowest BCUT2D eigenvalue weighted by molar-refractivity contribution is -0.154. The summed E-state index contributed by atoms with van der Waals surface area (Å²) in [5.41, 5.74) is 1.13. The number of likely N-dealkylation sites (tertiary alicyclic amines) is 1. The van der Waals surface area contributed by atoms with Crippen molar-refractivity contribution in [3.05, 3.63) is 35.9 Å². The molecule has 1 saturated heterocycles. The number of carbonyl (C=O) groups excluding carboxylic acids is 3. The second-order valence-electron chi connectivity index (χ2n) is 8.74. The number of benzene rings is 1. The standard InChI is InChI=1S/C25H38N2O5/c1-5-32-24(29)21(15-14-19-11-7-6-8-12-19)26-20-13-9-10-16-27(23(20)28)22(17-18(2)3)25(30)31-4/h6-8,11-12,18,20-22,26H,5,9-10,13-17H2,1-4H3/t20-,21-,22+/m0/s1. The van der Waals surface area contributed by atoms with Crippen LogP contribution in [0, 0.1) is 5.92 Å². The van der Waals surface area contributed by atoms with E-state index in [-0.39, 0.29) is 24.4 Å². The number of amides is 1. The molecule has 1 amide bonds. The summed E-state index contributed by atoms with van der Waals surface area (Å²) in [6, 6.07) is 8.19. The molecule has 0 unspecified atom stereocenters. The summed E-state index contributed by atoms with van der Waals surface area (Å²) in [5.74, 6) is -0.648. The summed E-state index contributed by atoms with van der Waals surface area (Å²) < 4.78 is 10.3. The Kier molecular flexibility index (Phi) is 10.7. The normalized spacial score (nSPS) is 18.7. The molecular weight excluding hydrogens is 408 g/mol. The maximum Gasteiger partial charge on any atom is 0.328 e. The maximum atomic E-state index is 13.5. The number of methoxy groups -OCH3 is 1. The number of hydrogen-bond acceptors (Lipinski definition) is 6. The second-order valence-corrected chi connectivity index (χ2v) is 8.74. The number of nitrogens with one attached hydrogen (secondary N) is 1. The van der Waals surface area contributed by atoms with Gasteiger partial charge < -0.3 is 14.4 Å². The van der Waals surface area contributed by atoms with E-state index in [1.807, 2.05) is 44.2 Å². The van der Waals surface area contributed by atoms with Crippen LogP contribution in [0.5, 0.6) is 0 Å². The highest BCUT2D eigenvalue weighted by molar-refractivity contribution is 5.88. The molecule has 1 aliphatic rings. The minimum atomic E-state index is -0.611. The predicted octanol–water partition coefficient (Wildman–Crippen LogP) is 3.11. The molecule has 1 aromatic carbocycles. The van der Waals surface area contributed by atoms with Crippen LogP contribution in [0.2, 0.25) is 0 Å². The van der Waals surface area contributed by atoms with Crippen molar-refractivity contribution in [3.8, 4) is 0 Å². The van der Waals surface area contributed by atoms with Gasteiger partial charge in [0.1, 0.15) is 12.1 Å². The summed E-state index contributed by atoms with van der Waals surface area (Å²) >= 11 is 0. The molecule has 178 valence electrons. The molecular formula is C25H38N2O5. The SMILES string of the molecule is CCOC(=O)[C@H](CCc1ccccc1)N[C@H]1CCCCN([C@H](CC(C)C)C(=O)OC)C1=O. The van der Waals surface area contributed by atoms with Gasteiger partial charge >= 0.3 is 11.9 Å². The molecule has 0 radical (unpaired) electrons. The first-order valence-corrected chi connectivity index (χ1v) is 11.7. The molecule has 32 heavy (non-hydrogen) atoms. The average Bonchev–Trinajstić information content (AvgIpc) is 2.96. The van der Waals surface area contributed by atoms with E-state index in [1.165, 1.54) is 7.11 Å². The van der Waals surface area contributed by atoms with Crippen molar-refractivity contribution in [1.29, 1.82) is 0 Å². The summed E-state index contributed by atoms with van der Waals surface area (Å²) in [6.45, 7) is 6.61. The lowest BCUT2D eigenvalue weighted by Crippen LogP contribution is -2.55. The van der Waals surface area contributed by atoms with Crippen LogP contribution in [0.25, 0.3) is 0 Å². The predicted molar refractivity (Wildman–Crippen MR) is 123 cm³/mol. The summed E-state index contributed by atoms with van der Waals surface area (Å²) in [4.78, 5) is 40.3. The van der Waals surface area contributed by atoms with Gasteiger partial charge in [-0.05, 0) is 56.9 Å². The van der Waals surface area contributed by atoms with Gasteiger partial charge in [-0.2, -0.15) is 0 Å². The van der Waals surface area contributed by atoms with Gasteiger partial charge in [0, 0.05) is 6.54 Å². The third-order valence-electron chi connectivity index (χ3n) is 5.81. The van der Waals surface area contributed by atoms with Crippen LogP contribution in [0.15, 0.2) is 30.3 Å². The first-order valence-electron chi connectivity index (χ1n) is 11.7. The Morgan fingerprint density at radius 1 is 1.16 bits per heavy atom. The van der Waals surface area contributed by atoms with E-state index in [2.05, 4.69) is 5.32 Å². The van der Waals surface area contributed by atoms with Gasteiger partial charge in [-0.15, -0.1) is 0 Å². The van der Waals surface area contributed by atoms with Crippen LogP contribution in [0.1, 0.15) is 58.4 Å². The number of nitrogens with zero attached hydrogens (tertiary/aromatic N) is 1. The fourth-order valence-corrected chi connectivity index (χ4v) is 4.17. The Bertz CT molecular complexity index is 737. The van der Waals surface area contributed by atoms with Gasteiger partial charge in [-0.1, -0.05) is 44.2 Å². The van der Waals surface area contributed by atoms with E-state index in [0.29, 0.717) is 32.2 Å². The molecule has 7 heteroatoms. The van der Waals surface area contributed by atoms with Crippen LogP contribution >= 0.6 is 0 Å². The Hall–Kier alpha value is -2.41. The van der Waals surface area contributed by atoms with E-state index >= 15 is 0 Å². The minimum absolute atomic E-state index is 0.146. The van der Waals surface area contributed by atoms with Crippen LogP contribution in [0.3, 0.4) is 0 Å². The molecule has 0 saturated carbocycles. The van der Waals surface area contributed by atoms with Crippen LogP contribution in [0.4, 0.5) is 0 Å². The summed E-state index contributed by atoms with van der Waals surface area (Å²) in [5, 5.41) is 3.28. The van der Waals surface area contributed by atoms with Crippen molar-refractivity contribution < 1.29 is 23.9 Å². The minimum Gasteiger partial charge on any atom is -0.467 e. The maximum absolute atomic E-state index is 13.5. The molecule has 1 fully saturated rings. The Labute approximate surface area is 191 Å². The van der Waals surface area contributed by atoms with E-state index in [1.54, 1.807) is 11.8 Å². The fourth-order valence-electron chi connectivity index (χ4n) is 4.17. The number of esters is 2. The lowest BCUT2D eigenvalue weighted by Gasteiger charge is -2.33. The molecule has 1 aromatic rings. The fraction of sp³-hybridized carbons (Fsp3) is 0.640. The summed E-state index contributed by atoms with van der Waals surface area (Å²) in [7, 11) is 1.36. The van der Waals surface area contributed by atoms with Crippen molar-refractivity contribution in [2.75, 3.05) is 20.3 Å². The molecule has 0 aromatic heterocycles. The van der Waals surface area contributed by atoms with E-state index in [0.717, 1.165) is 18.4 Å². The number of hydrogen-bond donors (Lipinski definition) is 1. The number of rotatable bonds is 11. The quantitative estimate of drug-likeness (QED) is 0.526. The number of carbonyl (C=O) groups is 3. The first-order chi connectivity index (χ1) is 15.4. The van der Waals surface area contributed by atoms with Crippen molar-refractivity contribution in [2.24, 2.45) is 5.92 Å². The number of ether oxygens (including phenoxy) is 2. The highest BCUT2D eigenvalue weighted by Crippen LogP contribution is 2.21. The van der Waals surface area contributed by atoms with Gasteiger partial charge in [0.25, 0.3) is 0 Å². The average molecular weight is 447 g/mol. The molecule has 1 N–H and O–H groups in total. The third kappa shape index (κ3) is 7.62. The number of aryl methyl sites for hydroxylation is 1. The van der Waals surface area contributed by atoms with Crippen molar-refractivity contribution in [2.45, 2.75) is 77.4 Å². The highest BCUT2D eigenvalue weighted by Gasteiger charge is 2.37. The van der Waals surface area contributed by atoms with Crippen molar-refractivity contribution in [1.82, 2.24) is 10.2 Å². The van der Waals surface area contributed by atoms with Crippen molar-refractivity contribution >= 4 is 17.8 Å². The second kappa shape index (κ2) is 13.2. The Morgan fingerprint density at radius 2 is 1.88 bits per heavy atom. The molecule has 1 aliphatic heterocycles. The Balaban J connectivity index is 2.17. The molecule has 2 rings (SSSR count). The van der Waals surface area contributed by atoms with Gasteiger partial charge in [0.15, 0.2) is 0 Å². The van der Waals surface area contributed by atoms with E-state index in [4.69, 9.17) is 9.47 Å². The van der Waals surface area contributed by atoms with Crippen LogP contribution in [-0.2, 0) is 30.3 Å². The first kappa shape index (κ1) is 25.8. The molecule has 1 heterocycles. The lowest BCUT2D eigenvalue weighted by atomic mass is 10.0. The summed E-state index contributed by atoms with van der Waals surface area (Å²) in [6.07, 6.45) is 4.03. The largest absolute Gasteiger partial charge is 0.467 e. The zero-order valence-corrected chi connectivity index (χ0v) is 19.8. The van der Waals surface area contributed by atoms with Gasteiger partial charge in [0.2, 0.25) is 5.91 Å². The van der Waals surface area contributed by atoms with Crippen molar-refractivity contribution in [3.63, 3.8) is 0 Å². The third-order valence-corrected chi connectivity index (χ3v) is 5.81. The smallest absolute Gasteiger partial charge is 0.328 e. The van der Waals surface area contributed by atoms with E-state index in [9.17, 15) is 14.4 Å². The molecule has 0 aliphatic carbocycles. The highest BCUT2D eigenvalue weighted by atomic mass is 16.5. The van der Waals surface area contributed by atoms with Crippen LogP contribution < -0.4 is 5.32 Å².